The molecule has 0 atom stereocenters. The Morgan fingerprint density at radius 2 is 1.67 bits per heavy atom. The number of aryl methyl sites for hydroxylation is 1. The number of hydrogen-bond donors (Lipinski definition) is 4. The van der Waals surface area contributed by atoms with E-state index in [2.05, 4.69) is 15.3 Å². The van der Waals surface area contributed by atoms with Gasteiger partial charge in [-0.2, -0.15) is 0 Å². The number of aromatic hydroxyl groups is 1. The zero-order chi connectivity index (χ0) is 33.5. The molecule has 1 aliphatic rings. The highest BCUT2D eigenvalue weighted by Crippen LogP contribution is 2.41. The van der Waals surface area contributed by atoms with Gasteiger partial charge in [-0.3, -0.25) is 9.59 Å². The Balaban J connectivity index is 1.01. The van der Waals surface area contributed by atoms with Crippen molar-refractivity contribution in [2.75, 3.05) is 69.6 Å². The average Bonchev–Trinajstić information content (AvgIpc) is 3.71. The second-order valence-electron chi connectivity index (χ2n) is 11.3. The molecule has 2 aromatic heterocycles. The van der Waals surface area contributed by atoms with Gasteiger partial charge in [0.25, 0.3) is 11.8 Å². The SMILES string of the molecule is Cc1cccc2c(O)cc3c(c12)CCN3C(=O)c1cc2cc(NC(=O)c3ccc(OCCOCCOCCOCCO)cc3)cnc2[nH]1. The van der Waals surface area contributed by atoms with E-state index in [9.17, 15) is 14.7 Å². The Morgan fingerprint density at radius 1 is 0.938 bits per heavy atom. The first-order valence-corrected chi connectivity index (χ1v) is 15.9. The molecule has 3 heterocycles. The normalized spacial score (nSPS) is 12.5. The van der Waals surface area contributed by atoms with E-state index in [0.29, 0.717) is 98.6 Å². The first-order valence-electron chi connectivity index (χ1n) is 15.9. The van der Waals surface area contributed by atoms with E-state index in [0.717, 1.165) is 21.9 Å². The third-order valence-corrected chi connectivity index (χ3v) is 8.11. The van der Waals surface area contributed by atoms with Crippen molar-refractivity contribution < 1.29 is 38.7 Å². The topological polar surface area (TPSA) is 155 Å². The fourth-order valence-electron chi connectivity index (χ4n) is 5.83. The standard InChI is InChI=1S/C36H38N4O8/c1-23-3-2-4-29-32(42)21-31-28(33(23)29)9-10-40(31)36(44)30-20-25-19-26(22-37-34(25)39-30)38-35(43)24-5-7-27(8-6-24)48-18-17-47-16-15-46-14-13-45-12-11-41/h2-8,19-22,41-42H,9-18H2,1H3,(H,37,39)(H,38,43). The van der Waals surface area contributed by atoms with Crippen molar-refractivity contribution in [1.29, 1.82) is 0 Å². The number of aliphatic hydroxyl groups excluding tert-OH is 1. The lowest BCUT2D eigenvalue weighted by Gasteiger charge is -2.18. The lowest BCUT2D eigenvalue weighted by Crippen LogP contribution is -2.29. The van der Waals surface area contributed by atoms with Crippen molar-refractivity contribution in [3.8, 4) is 11.5 Å². The first-order chi connectivity index (χ1) is 23.4. The van der Waals surface area contributed by atoms with Gasteiger partial charge in [-0.05, 0) is 66.3 Å². The molecule has 3 aromatic carbocycles. The van der Waals surface area contributed by atoms with Gasteiger partial charge < -0.3 is 44.4 Å². The molecule has 0 bridgehead atoms. The minimum Gasteiger partial charge on any atom is -0.507 e. The van der Waals surface area contributed by atoms with Gasteiger partial charge >= 0.3 is 0 Å². The Kier molecular flexibility index (Phi) is 10.5. The Morgan fingerprint density at radius 3 is 2.42 bits per heavy atom. The second-order valence-corrected chi connectivity index (χ2v) is 11.3. The number of phenolic OH excluding ortho intramolecular Hbond substituents is 1. The number of aromatic nitrogens is 2. The minimum atomic E-state index is -0.310. The number of hydrogen-bond acceptors (Lipinski definition) is 9. The Bertz CT molecular complexity index is 1910. The molecule has 4 N–H and O–H groups in total. The number of nitrogens with zero attached hydrogens (tertiary/aromatic N) is 2. The molecule has 0 saturated heterocycles. The zero-order valence-corrected chi connectivity index (χ0v) is 26.7. The molecule has 12 nitrogen and oxygen atoms in total. The molecule has 5 aromatic rings. The molecule has 0 fully saturated rings. The molecule has 6 rings (SSSR count). The summed E-state index contributed by atoms with van der Waals surface area (Å²) < 4.78 is 21.6. The monoisotopic (exact) mass is 654 g/mol. The number of benzene rings is 3. The summed E-state index contributed by atoms with van der Waals surface area (Å²) in [6.45, 7) is 5.30. The van der Waals surface area contributed by atoms with Crippen molar-refractivity contribution in [2.45, 2.75) is 13.3 Å². The van der Waals surface area contributed by atoms with E-state index in [1.54, 1.807) is 47.4 Å². The fraction of sp³-hybridized carbons (Fsp3) is 0.306. The van der Waals surface area contributed by atoms with Crippen molar-refractivity contribution in [3.05, 3.63) is 89.2 Å². The van der Waals surface area contributed by atoms with Crippen LogP contribution in [-0.4, -0.2) is 91.4 Å². The summed E-state index contributed by atoms with van der Waals surface area (Å²) in [6, 6.07) is 17.8. The number of rotatable bonds is 15. The van der Waals surface area contributed by atoms with E-state index in [4.69, 9.17) is 24.1 Å². The highest BCUT2D eigenvalue weighted by molar-refractivity contribution is 6.11. The number of fused-ring (bicyclic) bond motifs is 4. The van der Waals surface area contributed by atoms with Crippen LogP contribution in [0.5, 0.6) is 11.5 Å². The van der Waals surface area contributed by atoms with E-state index < -0.39 is 0 Å². The number of pyridine rings is 1. The summed E-state index contributed by atoms with van der Waals surface area (Å²) in [5, 5.41) is 24.7. The Hall–Kier alpha value is -5.01. The quantitative estimate of drug-likeness (QED) is 0.119. The summed E-state index contributed by atoms with van der Waals surface area (Å²) in [5.74, 6) is 0.230. The molecule has 250 valence electrons. The zero-order valence-electron chi connectivity index (χ0n) is 26.7. The van der Waals surface area contributed by atoms with Crippen LogP contribution >= 0.6 is 0 Å². The van der Waals surface area contributed by atoms with Crippen molar-refractivity contribution in [1.82, 2.24) is 9.97 Å². The fourth-order valence-corrected chi connectivity index (χ4v) is 5.83. The number of aromatic amines is 1. The van der Waals surface area contributed by atoms with Crippen molar-refractivity contribution >= 4 is 45.0 Å². The molecule has 0 radical (unpaired) electrons. The summed E-state index contributed by atoms with van der Waals surface area (Å²) in [5.41, 5.74) is 4.65. The third-order valence-electron chi connectivity index (χ3n) is 8.11. The number of carbonyl (C=O) groups is 2. The van der Waals surface area contributed by atoms with Gasteiger partial charge in [-0.15, -0.1) is 0 Å². The van der Waals surface area contributed by atoms with Gasteiger partial charge in [0.1, 0.15) is 29.4 Å². The number of phenols is 1. The van der Waals surface area contributed by atoms with Crippen LogP contribution in [0.15, 0.2) is 66.9 Å². The highest BCUT2D eigenvalue weighted by Gasteiger charge is 2.29. The number of ether oxygens (including phenoxy) is 4. The van der Waals surface area contributed by atoms with Crippen LogP contribution in [-0.2, 0) is 20.6 Å². The number of anilines is 2. The van der Waals surface area contributed by atoms with Crippen LogP contribution in [0, 0.1) is 6.92 Å². The summed E-state index contributed by atoms with van der Waals surface area (Å²) >= 11 is 0. The van der Waals surface area contributed by atoms with Gasteiger partial charge in [0.15, 0.2) is 0 Å². The lowest BCUT2D eigenvalue weighted by atomic mass is 9.97. The maximum absolute atomic E-state index is 13.6. The van der Waals surface area contributed by atoms with Crippen LogP contribution in [0.25, 0.3) is 21.8 Å². The summed E-state index contributed by atoms with van der Waals surface area (Å²) in [6.07, 6.45) is 2.23. The maximum atomic E-state index is 13.6. The predicted molar refractivity (Wildman–Crippen MR) is 181 cm³/mol. The molecule has 0 saturated carbocycles. The molecule has 12 heteroatoms. The van der Waals surface area contributed by atoms with Crippen LogP contribution in [0.1, 0.15) is 32.0 Å². The molecule has 0 spiro atoms. The van der Waals surface area contributed by atoms with Gasteiger partial charge in [0, 0.05) is 28.9 Å². The average molecular weight is 655 g/mol. The van der Waals surface area contributed by atoms with Gasteiger partial charge in [-0.25, -0.2) is 4.98 Å². The van der Waals surface area contributed by atoms with E-state index in [1.165, 1.54) is 6.20 Å². The molecular weight excluding hydrogens is 616 g/mol. The van der Waals surface area contributed by atoms with Crippen LogP contribution < -0.4 is 15.0 Å². The molecule has 1 aliphatic heterocycles. The number of nitrogens with one attached hydrogen (secondary N) is 2. The molecule has 0 unspecified atom stereocenters. The highest BCUT2D eigenvalue weighted by atomic mass is 16.6. The van der Waals surface area contributed by atoms with Crippen molar-refractivity contribution in [2.24, 2.45) is 0 Å². The Labute approximate surface area is 277 Å². The number of carbonyl (C=O) groups excluding carboxylic acids is 2. The van der Waals surface area contributed by atoms with E-state index in [-0.39, 0.29) is 24.2 Å². The van der Waals surface area contributed by atoms with Gasteiger partial charge in [0.2, 0.25) is 0 Å². The summed E-state index contributed by atoms with van der Waals surface area (Å²) in [7, 11) is 0. The third kappa shape index (κ3) is 7.42. The van der Waals surface area contributed by atoms with Crippen LogP contribution in [0.2, 0.25) is 0 Å². The predicted octanol–water partition coefficient (Wildman–Crippen LogP) is 4.61. The maximum Gasteiger partial charge on any atom is 0.274 e. The lowest BCUT2D eigenvalue weighted by molar-refractivity contribution is 0.00361. The molecular formula is C36H38N4O8. The van der Waals surface area contributed by atoms with Gasteiger partial charge in [0.05, 0.1) is 63.8 Å². The minimum absolute atomic E-state index is 0.00291. The number of amides is 2. The molecule has 48 heavy (non-hydrogen) atoms. The number of aliphatic hydroxyl groups is 1. The smallest absolute Gasteiger partial charge is 0.274 e. The molecule has 2 amide bonds. The van der Waals surface area contributed by atoms with Crippen LogP contribution in [0.4, 0.5) is 11.4 Å². The number of H-pyrrole nitrogens is 1. The first kappa shape index (κ1) is 32.9. The van der Waals surface area contributed by atoms with Gasteiger partial charge in [-0.1, -0.05) is 18.2 Å². The van der Waals surface area contributed by atoms with E-state index >= 15 is 0 Å². The second kappa shape index (κ2) is 15.3. The van der Waals surface area contributed by atoms with E-state index in [1.807, 2.05) is 25.1 Å². The summed E-state index contributed by atoms with van der Waals surface area (Å²) in [4.78, 5) is 35.8. The van der Waals surface area contributed by atoms with Crippen molar-refractivity contribution in [3.63, 3.8) is 0 Å². The molecule has 0 aliphatic carbocycles. The van der Waals surface area contributed by atoms with Crippen LogP contribution in [0.3, 0.4) is 0 Å². The largest absolute Gasteiger partial charge is 0.507 e.